The summed E-state index contributed by atoms with van der Waals surface area (Å²) in [7, 11) is 1.45. The first kappa shape index (κ1) is 16.7. The van der Waals surface area contributed by atoms with Crippen LogP contribution in [0, 0.1) is 17.6 Å². The third kappa shape index (κ3) is 6.60. The minimum absolute atomic E-state index is 0.144. The van der Waals surface area contributed by atoms with E-state index < -0.39 is 11.6 Å². The van der Waals surface area contributed by atoms with Crippen LogP contribution >= 0.6 is 0 Å². The topological polar surface area (TPSA) is 80.4 Å². The Balaban J connectivity index is 0.000000211. The molecule has 0 radical (unpaired) electrons. The van der Waals surface area contributed by atoms with Gasteiger partial charge in [0.15, 0.2) is 17.9 Å². The van der Waals surface area contributed by atoms with Gasteiger partial charge in [0.25, 0.3) is 0 Å². The van der Waals surface area contributed by atoms with Crippen molar-refractivity contribution in [2.45, 2.75) is 12.8 Å². The summed E-state index contributed by atoms with van der Waals surface area (Å²) in [5.74, 6) is -0.567. The molecular weight excluding hydrogens is 278 g/mol. The first-order valence-corrected chi connectivity index (χ1v) is 6.46. The Hall–Kier alpha value is -2.31. The Morgan fingerprint density at radius 1 is 1.48 bits per heavy atom. The van der Waals surface area contributed by atoms with Crippen LogP contribution in [-0.4, -0.2) is 31.1 Å². The van der Waals surface area contributed by atoms with Crippen LogP contribution in [0.15, 0.2) is 29.2 Å². The molecule has 5 nitrogen and oxygen atoms in total. The van der Waals surface area contributed by atoms with Crippen LogP contribution in [0.1, 0.15) is 12.8 Å². The van der Waals surface area contributed by atoms with Gasteiger partial charge >= 0.3 is 0 Å². The number of carbonyl (C=O) groups excluding carboxylic acids is 1. The fourth-order valence-corrected chi connectivity index (χ4v) is 1.34. The third-order valence-corrected chi connectivity index (χ3v) is 2.67. The molecule has 1 fully saturated rings. The number of nitrogens with one attached hydrogen (secondary N) is 1. The monoisotopic (exact) mass is 296 g/mol. The molecule has 0 aliphatic heterocycles. The number of nitrogens with zero attached hydrogens (tertiary/aromatic N) is 2. The van der Waals surface area contributed by atoms with Crippen molar-refractivity contribution in [3.63, 3.8) is 0 Å². The molecule has 21 heavy (non-hydrogen) atoms. The first-order valence-electron chi connectivity index (χ1n) is 6.46. The van der Waals surface area contributed by atoms with Gasteiger partial charge in [-0.25, -0.2) is 8.78 Å². The molecule has 0 bridgehead atoms. The molecule has 0 unspecified atom stereocenters. The lowest BCUT2D eigenvalue weighted by Crippen LogP contribution is -1.97. The van der Waals surface area contributed by atoms with Gasteiger partial charge in [0.2, 0.25) is 0 Å². The van der Waals surface area contributed by atoms with Crippen molar-refractivity contribution >= 4 is 18.2 Å². The zero-order chi connectivity index (χ0) is 15.7. The van der Waals surface area contributed by atoms with Crippen LogP contribution in [0.3, 0.4) is 0 Å². The summed E-state index contributed by atoms with van der Waals surface area (Å²) in [5, 5.41) is 2.37. The molecular formula is C14H18F2N4O. The van der Waals surface area contributed by atoms with Crippen LogP contribution in [0.2, 0.25) is 0 Å². The summed E-state index contributed by atoms with van der Waals surface area (Å²) in [6, 6.07) is 0. The average Bonchev–Trinajstić information content (AvgIpc) is 3.28. The molecule has 2 rings (SSSR count). The van der Waals surface area contributed by atoms with Crippen LogP contribution in [0.5, 0.6) is 0 Å². The number of allylic oxidation sites excluding steroid dienone is 2. The zero-order valence-corrected chi connectivity index (χ0v) is 11.7. The predicted octanol–water partition coefficient (Wildman–Crippen LogP) is 1.91. The van der Waals surface area contributed by atoms with Crippen molar-refractivity contribution in [3.8, 4) is 0 Å². The Kier molecular flexibility index (Phi) is 7.00. The molecule has 1 aromatic rings. The van der Waals surface area contributed by atoms with Gasteiger partial charge < -0.3 is 11.1 Å². The van der Waals surface area contributed by atoms with E-state index in [-0.39, 0.29) is 11.4 Å². The molecule has 1 aliphatic carbocycles. The Morgan fingerprint density at radius 2 is 2.10 bits per heavy atom. The molecule has 1 aromatic heterocycles. The summed E-state index contributed by atoms with van der Waals surface area (Å²) >= 11 is 0. The average molecular weight is 296 g/mol. The largest absolute Gasteiger partial charge is 0.396 e. The number of rotatable bonds is 5. The fourth-order valence-electron chi connectivity index (χ4n) is 1.34. The second kappa shape index (κ2) is 8.78. The van der Waals surface area contributed by atoms with Gasteiger partial charge in [-0.1, -0.05) is 0 Å². The normalized spacial score (nSPS) is 14.5. The Labute approximate surface area is 122 Å². The second-order valence-corrected chi connectivity index (χ2v) is 4.47. The van der Waals surface area contributed by atoms with E-state index in [1.165, 1.54) is 26.0 Å². The van der Waals surface area contributed by atoms with E-state index in [1.54, 1.807) is 6.21 Å². The summed E-state index contributed by atoms with van der Waals surface area (Å²) in [5.41, 5.74) is 5.29. The summed E-state index contributed by atoms with van der Waals surface area (Å²) in [6.07, 6.45) is 8.23. The zero-order valence-electron chi connectivity index (χ0n) is 11.7. The molecule has 0 saturated heterocycles. The molecule has 0 aromatic carbocycles. The maximum atomic E-state index is 12.5. The Morgan fingerprint density at radius 3 is 2.52 bits per heavy atom. The summed E-state index contributed by atoms with van der Waals surface area (Å²) < 4.78 is 25.0. The minimum atomic E-state index is -0.678. The first-order chi connectivity index (χ1) is 10.1. The van der Waals surface area contributed by atoms with E-state index >= 15 is 0 Å². The third-order valence-electron chi connectivity index (χ3n) is 2.67. The van der Waals surface area contributed by atoms with Crippen LogP contribution in [-0.2, 0) is 4.79 Å². The van der Waals surface area contributed by atoms with Gasteiger partial charge in [-0.05, 0) is 24.8 Å². The molecule has 1 aliphatic rings. The van der Waals surface area contributed by atoms with Crippen molar-refractivity contribution in [2.75, 3.05) is 18.9 Å². The van der Waals surface area contributed by atoms with Crippen LogP contribution in [0.25, 0.3) is 0 Å². The smallest absolute Gasteiger partial charge is 0.167 e. The number of anilines is 1. The summed E-state index contributed by atoms with van der Waals surface area (Å²) in [6.45, 7) is 0.878. The number of aromatic nitrogens is 1. The SMILES string of the molecule is CNc1c(F)cncc1F.N/C(C=O)=C\C=NCC1CC1. The number of aldehydes is 1. The van der Waals surface area contributed by atoms with E-state index in [2.05, 4.69) is 15.3 Å². The lowest BCUT2D eigenvalue weighted by atomic mass is 10.4. The van der Waals surface area contributed by atoms with Crippen LogP contribution in [0.4, 0.5) is 14.5 Å². The van der Waals surface area contributed by atoms with Gasteiger partial charge in [0.05, 0.1) is 18.1 Å². The highest BCUT2D eigenvalue weighted by Crippen LogP contribution is 2.28. The van der Waals surface area contributed by atoms with E-state index in [1.807, 2.05) is 0 Å². The van der Waals surface area contributed by atoms with Crippen molar-refractivity contribution in [1.82, 2.24) is 4.98 Å². The summed E-state index contributed by atoms with van der Waals surface area (Å²) in [4.78, 5) is 17.4. The quantitative estimate of drug-likeness (QED) is 0.494. The number of aliphatic imine (C=N–C) groups is 1. The number of carbonyl (C=O) groups is 1. The molecule has 3 N–H and O–H groups in total. The van der Waals surface area contributed by atoms with Gasteiger partial charge in [-0.3, -0.25) is 14.8 Å². The predicted molar refractivity (Wildman–Crippen MR) is 78.1 cm³/mol. The van der Waals surface area contributed by atoms with Crippen molar-refractivity contribution in [2.24, 2.45) is 16.6 Å². The molecule has 0 amide bonds. The van der Waals surface area contributed by atoms with E-state index in [0.29, 0.717) is 6.29 Å². The van der Waals surface area contributed by atoms with Gasteiger partial charge in [0.1, 0.15) is 5.69 Å². The van der Waals surface area contributed by atoms with E-state index in [0.717, 1.165) is 24.9 Å². The molecule has 1 saturated carbocycles. The van der Waals surface area contributed by atoms with E-state index in [4.69, 9.17) is 5.73 Å². The second-order valence-electron chi connectivity index (χ2n) is 4.47. The van der Waals surface area contributed by atoms with Gasteiger partial charge in [0, 0.05) is 19.8 Å². The lowest BCUT2D eigenvalue weighted by molar-refractivity contribution is -0.104. The standard InChI is InChI=1S/C8H12N2O.C6H6F2N2/c9-8(6-11)3-4-10-5-7-1-2-7;1-9-6-4(7)2-10-3-5(6)8/h3-4,6-7H,1-2,5,9H2;2-3H,1H3,(H,9,10)/b8-3-,10-4?;. The number of hydrogen-bond acceptors (Lipinski definition) is 5. The highest BCUT2D eigenvalue weighted by atomic mass is 19.1. The maximum absolute atomic E-state index is 12.5. The number of hydrogen-bond donors (Lipinski definition) is 2. The number of pyridine rings is 1. The van der Waals surface area contributed by atoms with Crippen molar-refractivity contribution < 1.29 is 13.6 Å². The fraction of sp³-hybridized carbons (Fsp3) is 0.357. The molecule has 1 heterocycles. The van der Waals surface area contributed by atoms with Crippen LogP contribution < -0.4 is 11.1 Å². The minimum Gasteiger partial charge on any atom is -0.396 e. The molecule has 114 valence electrons. The molecule has 0 spiro atoms. The van der Waals surface area contributed by atoms with Gasteiger partial charge in [-0.2, -0.15) is 0 Å². The van der Waals surface area contributed by atoms with Gasteiger partial charge in [-0.15, -0.1) is 0 Å². The Bertz CT molecular complexity index is 507. The lowest BCUT2D eigenvalue weighted by Gasteiger charge is -2.00. The highest BCUT2D eigenvalue weighted by Gasteiger charge is 2.19. The molecule has 0 atom stereocenters. The van der Waals surface area contributed by atoms with Crippen molar-refractivity contribution in [1.29, 1.82) is 0 Å². The van der Waals surface area contributed by atoms with Crippen molar-refractivity contribution in [3.05, 3.63) is 35.8 Å². The molecule has 7 heteroatoms. The van der Waals surface area contributed by atoms with E-state index in [9.17, 15) is 13.6 Å². The maximum Gasteiger partial charge on any atom is 0.167 e. The number of halogens is 2. The highest BCUT2D eigenvalue weighted by molar-refractivity contribution is 5.82. The number of nitrogens with two attached hydrogens (primary N) is 1.